The molecule has 1 spiro atoms. The molecule has 5 nitrogen and oxygen atoms in total. The number of hydrogen-bond donors (Lipinski definition) is 2. The molecule has 66 valence electrons. The molecule has 0 aromatic rings. The van der Waals surface area contributed by atoms with Gasteiger partial charge in [0, 0.05) is 36.0 Å². The van der Waals surface area contributed by atoms with Crippen molar-refractivity contribution in [2.24, 2.45) is 0 Å². The number of carbonyl (C=O) groups is 2. The average molecular weight is 281 g/mol. The molecule has 12 heavy (non-hydrogen) atoms. The first-order chi connectivity index (χ1) is 5.62. The molecule has 6 heteroatoms. The summed E-state index contributed by atoms with van der Waals surface area (Å²) in [5.41, 5.74) is -0.641. The predicted octanol–water partition coefficient (Wildman–Crippen LogP) is -0.380. The van der Waals surface area contributed by atoms with Gasteiger partial charge in [-0.1, -0.05) is 0 Å². The van der Waals surface area contributed by atoms with Crippen LogP contribution in [0.5, 0.6) is 0 Å². The van der Waals surface area contributed by atoms with Gasteiger partial charge in [0.25, 0.3) is 5.91 Å². The minimum absolute atomic E-state index is 0.188. The number of rotatable bonds is 0. The maximum absolute atomic E-state index is 11.3. The number of imide groups is 1. The van der Waals surface area contributed by atoms with Crippen molar-refractivity contribution in [3.63, 3.8) is 0 Å². The van der Waals surface area contributed by atoms with Crippen molar-refractivity contribution >= 4 is 34.8 Å². The van der Waals surface area contributed by atoms with E-state index in [0.29, 0.717) is 13.0 Å². The van der Waals surface area contributed by atoms with Crippen molar-refractivity contribution in [1.29, 1.82) is 0 Å². The molecule has 0 radical (unpaired) electrons. The third kappa shape index (κ3) is 1.09. The molecule has 2 N–H and O–H groups in total. The Kier molecular flexibility index (Phi) is 1.76. The van der Waals surface area contributed by atoms with E-state index < -0.39 is 5.54 Å². The molecule has 3 amide bonds. The predicted molar refractivity (Wildman–Crippen MR) is 49.6 cm³/mol. The summed E-state index contributed by atoms with van der Waals surface area (Å²) in [4.78, 5) is 22.2. The highest BCUT2D eigenvalue weighted by Crippen LogP contribution is 2.26. The molecule has 2 heterocycles. The second-order valence-electron chi connectivity index (χ2n) is 3.08. The van der Waals surface area contributed by atoms with Crippen molar-refractivity contribution in [3.8, 4) is 0 Å². The first kappa shape index (κ1) is 8.24. The van der Waals surface area contributed by atoms with Gasteiger partial charge in [-0.3, -0.25) is 10.1 Å². The Hall–Kier alpha value is -0.370. The van der Waals surface area contributed by atoms with Crippen LogP contribution in [0, 0.1) is 0 Å². The topological polar surface area (TPSA) is 61.4 Å². The van der Waals surface area contributed by atoms with Crippen LogP contribution < -0.4 is 10.6 Å². The van der Waals surface area contributed by atoms with Crippen LogP contribution in [0.4, 0.5) is 4.79 Å². The Labute approximate surface area is 83.4 Å². The van der Waals surface area contributed by atoms with Gasteiger partial charge in [0.2, 0.25) is 0 Å². The molecule has 0 bridgehead atoms. The fraction of sp³-hybridized carbons (Fsp3) is 0.667. The summed E-state index contributed by atoms with van der Waals surface area (Å²) in [6.07, 6.45) is 0.702. The summed E-state index contributed by atoms with van der Waals surface area (Å²) in [5.74, 6) is -0.188. The Morgan fingerprint density at radius 3 is 2.67 bits per heavy atom. The van der Waals surface area contributed by atoms with Gasteiger partial charge >= 0.3 is 6.03 Å². The molecule has 0 saturated carbocycles. The van der Waals surface area contributed by atoms with Gasteiger partial charge < -0.3 is 5.32 Å². The molecule has 2 saturated heterocycles. The van der Waals surface area contributed by atoms with Crippen LogP contribution >= 0.6 is 22.9 Å². The van der Waals surface area contributed by atoms with Crippen molar-refractivity contribution < 1.29 is 9.59 Å². The SMILES string of the molecule is O=C1NC(=O)C2(CCN(I)C2)N1. The summed E-state index contributed by atoms with van der Waals surface area (Å²) in [6, 6.07) is -0.369. The van der Waals surface area contributed by atoms with E-state index in [2.05, 4.69) is 33.5 Å². The molecule has 2 aliphatic heterocycles. The molecular weight excluding hydrogens is 273 g/mol. The lowest BCUT2D eigenvalue weighted by molar-refractivity contribution is -0.123. The highest BCUT2D eigenvalue weighted by atomic mass is 127. The summed E-state index contributed by atoms with van der Waals surface area (Å²) in [5, 5.41) is 4.91. The maximum atomic E-state index is 11.3. The Morgan fingerprint density at radius 2 is 2.25 bits per heavy atom. The Bertz CT molecular complexity index is 257. The summed E-state index contributed by atoms with van der Waals surface area (Å²) in [6.45, 7) is 1.44. The van der Waals surface area contributed by atoms with E-state index in [0.717, 1.165) is 6.54 Å². The molecule has 1 atom stereocenters. The van der Waals surface area contributed by atoms with Gasteiger partial charge in [-0.15, -0.1) is 0 Å². The number of amides is 3. The first-order valence-corrected chi connectivity index (χ1v) is 4.63. The quantitative estimate of drug-likeness (QED) is 0.361. The third-order valence-corrected chi connectivity index (χ3v) is 3.06. The molecule has 0 aromatic carbocycles. The van der Waals surface area contributed by atoms with Crippen molar-refractivity contribution in [1.82, 2.24) is 13.7 Å². The highest BCUT2D eigenvalue weighted by Gasteiger charge is 2.50. The monoisotopic (exact) mass is 281 g/mol. The number of carbonyl (C=O) groups excluding carboxylic acids is 2. The fourth-order valence-electron chi connectivity index (χ4n) is 1.58. The molecule has 1 unspecified atom stereocenters. The first-order valence-electron chi connectivity index (χ1n) is 3.67. The number of nitrogens with one attached hydrogen (secondary N) is 2. The van der Waals surface area contributed by atoms with E-state index in [-0.39, 0.29) is 11.9 Å². The van der Waals surface area contributed by atoms with Crippen molar-refractivity contribution in [2.75, 3.05) is 13.1 Å². The fourth-order valence-corrected chi connectivity index (χ4v) is 2.40. The zero-order valence-electron chi connectivity index (χ0n) is 6.26. The van der Waals surface area contributed by atoms with Crippen LogP contribution in [0.15, 0.2) is 0 Å². The van der Waals surface area contributed by atoms with Gasteiger partial charge in [-0.2, -0.15) is 0 Å². The smallest absolute Gasteiger partial charge is 0.322 e. The molecule has 2 fully saturated rings. The van der Waals surface area contributed by atoms with E-state index in [4.69, 9.17) is 0 Å². The molecule has 0 aromatic heterocycles. The maximum Gasteiger partial charge on any atom is 0.322 e. The second kappa shape index (κ2) is 2.56. The average Bonchev–Trinajstić information content (AvgIpc) is 2.43. The molecule has 0 aliphatic carbocycles. The number of halogens is 1. The minimum atomic E-state index is -0.641. The van der Waals surface area contributed by atoms with Crippen LogP contribution in [0.25, 0.3) is 0 Å². The van der Waals surface area contributed by atoms with E-state index in [1.807, 2.05) is 3.11 Å². The van der Waals surface area contributed by atoms with Crippen molar-refractivity contribution in [3.05, 3.63) is 0 Å². The standard InChI is InChI=1S/C6H8IN3O2/c7-10-2-1-6(3-10)4(11)8-5(12)9-6/h1-3H2,(H2,8,9,11,12). The number of hydrogen-bond acceptors (Lipinski definition) is 3. The van der Waals surface area contributed by atoms with Gasteiger partial charge in [0.05, 0.1) is 0 Å². The number of urea groups is 1. The van der Waals surface area contributed by atoms with Gasteiger partial charge in [0.1, 0.15) is 5.54 Å². The second-order valence-corrected chi connectivity index (χ2v) is 4.45. The van der Waals surface area contributed by atoms with E-state index in [1.54, 1.807) is 0 Å². The van der Waals surface area contributed by atoms with E-state index >= 15 is 0 Å². The minimum Gasteiger partial charge on any atom is -0.322 e. The van der Waals surface area contributed by atoms with E-state index in [9.17, 15) is 9.59 Å². The molecular formula is C6H8IN3O2. The van der Waals surface area contributed by atoms with Gasteiger partial charge in [0.15, 0.2) is 0 Å². The van der Waals surface area contributed by atoms with Crippen LogP contribution in [-0.2, 0) is 4.79 Å². The normalized spacial score (nSPS) is 35.8. The zero-order valence-corrected chi connectivity index (χ0v) is 8.42. The largest absolute Gasteiger partial charge is 0.322 e. The molecule has 2 aliphatic rings. The molecule has 2 rings (SSSR count). The van der Waals surface area contributed by atoms with Gasteiger partial charge in [-0.25, -0.2) is 7.91 Å². The van der Waals surface area contributed by atoms with E-state index in [1.165, 1.54) is 0 Å². The van der Waals surface area contributed by atoms with Crippen molar-refractivity contribution in [2.45, 2.75) is 12.0 Å². The summed E-state index contributed by atoms with van der Waals surface area (Å²) < 4.78 is 2.00. The van der Waals surface area contributed by atoms with Crippen LogP contribution in [0.2, 0.25) is 0 Å². The summed E-state index contributed by atoms with van der Waals surface area (Å²) >= 11 is 2.15. The lowest BCUT2D eigenvalue weighted by Gasteiger charge is -2.17. The lowest BCUT2D eigenvalue weighted by atomic mass is 10.00. The van der Waals surface area contributed by atoms with Crippen LogP contribution in [-0.4, -0.2) is 33.7 Å². The number of nitrogens with zero attached hydrogens (tertiary/aromatic N) is 1. The highest BCUT2D eigenvalue weighted by molar-refractivity contribution is 14.1. The lowest BCUT2D eigenvalue weighted by Crippen LogP contribution is -2.48. The zero-order chi connectivity index (χ0) is 8.77. The Morgan fingerprint density at radius 1 is 1.50 bits per heavy atom. The Balaban J connectivity index is 2.22. The van der Waals surface area contributed by atoms with Crippen LogP contribution in [0.3, 0.4) is 0 Å². The van der Waals surface area contributed by atoms with Gasteiger partial charge in [-0.05, 0) is 6.42 Å². The third-order valence-electron chi connectivity index (χ3n) is 2.24. The van der Waals surface area contributed by atoms with Crippen LogP contribution in [0.1, 0.15) is 6.42 Å². The summed E-state index contributed by atoms with van der Waals surface area (Å²) in [7, 11) is 0.